The Morgan fingerprint density at radius 2 is 2.00 bits per heavy atom. The first-order valence-corrected chi connectivity index (χ1v) is 5.13. The highest BCUT2D eigenvalue weighted by atomic mass is 19.1. The predicted octanol–water partition coefficient (Wildman–Crippen LogP) is 2.43. The second-order valence-electron chi connectivity index (χ2n) is 4.17. The fourth-order valence-electron chi connectivity index (χ4n) is 1.44. The van der Waals surface area contributed by atoms with Gasteiger partial charge in [-0.15, -0.1) is 0 Å². The van der Waals surface area contributed by atoms with Crippen molar-refractivity contribution < 1.29 is 18.8 Å². The first-order valence-electron chi connectivity index (χ1n) is 5.13. The number of nitrogens with zero attached hydrogens (tertiary/aromatic N) is 1. The topological polar surface area (TPSA) is 63.4 Å². The zero-order valence-corrected chi connectivity index (χ0v) is 9.48. The summed E-state index contributed by atoms with van der Waals surface area (Å²) in [6, 6.07) is 1.34. The van der Waals surface area contributed by atoms with Crippen LogP contribution in [0.2, 0.25) is 0 Å². The van der Waals surface area contributed by atoms with Crippen molar-refractivity contribution in [2.24, 2.45) is 5.92 Å². The van der Waals surface area contributed by atoms with Crippen LogP contribution in [0.3, 0.4) is 0 Å². The summed E-state index contributed by atoms with van der Waals surface area (Å²) in [4.78, 5) is 9.76. The molecule has 1 atom stereocenters. The molecule has 0 saturated carbocycles. The molecule has 1 unspecified atom stereocenters. The van der Waals surface area contributed by atoms with Gasteiger partial charge >= 0.3 is 5.69 Å². The van der Waals surface area contributed by atoms with E-state index >= 15 is 0 Å². The van der Waals surface area contributed by atoms with Gasteiger partial charge in [0.2, 0.25) is 5.82 Å². The fraction of sp³-hybridized carbons (Fsp3) is 0.455. The zero-order valence-electron chi connectivity index (χ0n) is 9.48. The second-order valence-corrected chi connectivity index (χ2v) is 4.17. The third kappa shape index (κ3) is 3.20. The number of hydrogen-bond acceptors (Lipinski definition) is 3. The molecule has 0 aliphatic rings. The SMILES string of the molecule is CC(C)C(O)Cc1cc(F)cc(F)c1[N+](=O)[O-]. The Morgan fingerprint density at radius 1 is 1.41 bits per heavy atom. The maximum atomic E-state index is 13.2. The summed E-state index contributed by atoms with van der Waals surface area (Å²) in [5.74, 6) is -2.26. The summed E-state index contributed by atoms with van der Waals surface area (Å²) in [5.41, 5.74) is -0.903. The average molecular weight is 245 g/mol. The van der Waals surface area contributed by atoms with Crippen LogP contribution < -0.4 is 0 Å². The molecule has 0 radical (unpaired) electrons. The van der Waals surface area contributed by atoms with Gasteiger partial charge in [-0.25, -0.2) is 4.39 Å². The molecule has 0 saturated heterocycles. The van der Waals surface area contributed by atoms with Crippen molar-refractivity contribution in [3.8, 4) is 0 Å². The number of aliphatic hydroxyl groups excluding tert-OH is 1. The number of benzene rings is 1. The zero-order chi connectivity index (χ0) is 13.2. The molecule has 0 spiro atoms. The van der Waals surface area contributed by atoms with E-state index in [0.717, 1.165) is 6.07 Å². The highest BCUT2D eigenvalue weighted by Crippen LogP contribution is 2.26. The van der Waals surface area contributed by atoms with E-state index < -0.39 is 28.3 Å². The Hall–Kier alpha value is -1.56. The van der Waals surface area contributed by atoms with E-state index in [1.54, 1.807) is 13.8 Å². The van der Waals surface area contributed by atoms with Crippen molar-refractivity contribution in [3.05, 3.63) is 39.4 Å². The van der Waals surface area contributed by atoms with Crippen LogP contribution in [0.5, 0.6) is 0 Å². The van der Waals surface area contributed by atoms with Crippen LogP contribution in [-0.2, 0) is 6.42 Å². The summed E-state index contributed by atoms with van der Waals surface area (Å²) < 4.78 is 26.2. The third-order valence-corrected chi connectivity index (χ3v) is 2.49. The van der Waals surface area contributed by atoms with Crippen LogP contribution in [0.1, 0.15) is 19.4 Å². The van der Waals surface area contributed by atoms with Crippen molar-refractivity contribution in [3.63, 3.8) is 0 Å². The van der Waals surface area contributed by atoms with Crippen LogP contribution in [0.4, 0.5) is 14.5 Å². The van der Waals surface area contributed by atoms with E-state index in [9.17, 15) is 24.0 Å². The molecule has 0 bridgehead atoms. The van der Waals surface area contributed by atoms with Crippen LogP contribution in [0.25, 0.3) is 0 Å². The summed E-state index contributed by atoms with van der Waals surface area (Å²) in [7, 11) is 0. The molecule has 6 heteroatoms. The van der Waals surface area contributed by atoms with Crippen LogP contribution in [0, 0.1) is 27.7 Å². The highest BCUT2D eigenvalue weighted by Gasteiger charge is 2.24. The first kappa shape index (κ1) is 13.5. The minimum Gasteiger partial charge on any atom is -0.393 e. The normalized spacial score (nSPS) is 12.8. The van der Waals surface area contributed by atoms with Gasteiger partial charge in [0.1, 0.15) is 5.82 Å². The van der Waals surface area contributed by atoms with Gasteiger partial charge < -0.3 is 5.11 Å². The molecule has 1 rings (SSSR count). The minimum absolute atomic E-state index is 0.131. The van der Waals surface area contributed by atoms with Gasteiger partial charge in [-0.05, 0) is 12.0 Å². The van der Waals surface area contributed by atoms with E-state index in [0.29, 0.717) is 6.07 Å². The average Bonchev–Trinajstić information content (AvgIpc) is 2.14. The van der Waals surface area contributed by atoms with Crippen LogP contribution >= 0.6 is 0 Å². The van der Waals surface area contributed by atoms with Gasteiger partial charge in [-0.3, -0.25) is 10.1 Å². The summed E-state index contributed by atoms with van der Waals surface area (Å²) >= 11 is 0. The Morgan fingerprint density at radius 3 is 2.47 bits per heavy atom. The van der Waals surface area contributed by atoms with E-state index in [-0.39, 0.29) is 17.9 Å². The Balaban J connectivity index is 3.17. The molecule has 1 N–H and O–H groups in total. The maximum absolute atomic E-state index is 13.2. The van der Waals surface area contributed by atoms with Gasteiger partial charge in [0.15, 0.2) is 0 Å². The first-order chi connectivity index (χ1) is 7.82. The molecule has 0 fully saturated rings. The highest BCUT2D eigenvalue weighted by molar-refractivity contribution is 5.42. The lowest BCUT2D eigenvalue weighted by atomic mass is 9.98. The summed E-state index contributed by atoms with van der Waals surface area (Å²) in [5, 5.41) is 20.3. The molecule has 4 nitrogen and oxygen atoms in total. The molecule has 0 aliphatic heterocycles. The molecule has 0 amide bonds. The number of nitro benzene ring substituents is 1. The number of halogens is 2. The van der Waals surface area contributed by atoms with Gasteiger partial charge in [0, 0.05) is 18.1 Å². The van der Waals surface area contributed by atoms with Gasteiger partial charge in [0.25, 0.3) is 0 Å². The predicted molar refractivity (Wildman–Crippen MR) is 57.6 cm³/mol. The van der Waals surface area contributed by atoms with Crippen molar-refractivity contribution in [2.45, 2.75) is 26.4 Å². The van der Waals surface area contributed by atoms with Crippen LogP contribution in [0.15, 0.2) is 12.1 Å². The number of hydrogen-bond donors (Lipinski definition) is 1. The van der Waals surface area contributed by atoms with Crippen molar-refractivity contribution in [1.82, 2.24) is 0 Å². The molecule has 0 aliphatic carbocycles. The Labute approximate surface area is 97.0 Å². The fourth-order valence-corrected chi connectivity index (χ4v) is 1.44. The van der Waals surface area contributed by atoms with E-state index in [1.807, 2.05) is 0 Å². The lowest BCUT2D eigenvalue weighted by Gasteiger charge is -2.14. The van der Waals surface area contributed by atoms with Crippen molar-refractivity contribution >= 4 is 5.69 Å². The second kappa shape index (κ2) is 5.18. The van der Waals surface area contributed by atoms with Crippen molar-refractivity contribution in [1.29, 1.82) is 0 Å². The smallest absolute Gasteiger partial charge is 0.308 e. The number of nitro groups is 1. The standard InChI is InChI=1S/C11H13F2NO3/c1-6(2)10(15)4-7-3-8(12)5-9(13)11(7)14(16)17/h3,5-6,10,15H,4H2,1-2H3. The van der Waals surface area contributed by atoms with Crippen molar-refractivity contribution in [2.75, 3.05) is 0 Å². The molecule has 0 aromatic heterocycles. The van der Waals surface area contributed by atoms with Gasteiger partial charge in [-0.1, -0.05) is 13.8 Å². The number of aliphatic hydroxyl groups is 1. The molecular weight excluding hydrogens is 232 g/mol. The maximum Gasteiger partial charge on any atom is 0.308 e. The monoisotopic (exact) mass is 245 g/mol. The van der Waals surface area contributed by atoms with E-state index in [2.05, 4.69) is 0 Å². The molecular formula is C11H13F2NO3. The van der Waals surface area contributed by atoms with Gasteiger partial charge in [-0.2, -0.15) is 4.39 Å². The molecule has 17 heavy (non-hydrogen) atoms. The molecule has 0 heterocycles. The Bertz CT molecular complexity index is 435. The lowest BCUT2D eigenvalue weighted by Crippen LogP contribution is -2.18. The third-order valence-electron chi connectivity index (χ3n) is 2.49. The molecule has 1 aromatic carbocycles. The summed E-state index contributed by atoms with van der Waals surface area (Å²) in [6.07, 6.45) is -1.03. The Kier molecular flexibility index (Phi) is 4.11. The number of rotatable bonds is 4. The molecule has 1 aromatic rings. The van der Waals surface area contributed by atoms with E-state index in [4.69, 9.17) is 0 Å². The van der Waals surface area contributed by atoms with Crippen LogP contribution in [-0.4, -0.2) is 16.1 Å². The lowest BCUT2D eigenvalue weighted by molar-refractivity contribution is -0.388. The molecule has 94 valence electrons. The largest absolute Gasteiger partial charge is 0.393 e. The quantitative estimate of drug-likeness (QED) is 0.654. The summed E-state index contributed by atoms with van der Waals surface area (Å²) in [6.45, 7) is 3.43. The van der Waals surface area contributed by atoms with Gasteiger partial charge in [0.05, 0.1) is 11.0 Å². The van der Waals surface area contributed by atoms with E-state index in [1.165, 1.54) is 0 Å². The minimum atomic E-state index is -1.22.